The first-order chi connectivity index (χ1) is 18.7. The van der Waals surface area contributed by atoms with Crippen LogP contribution in [0.2, 0.25) is 0 Å². The third-order valence-corrected chi connectivity index (χ3v) is 9.06. The molecule has 204 valence electrons. The van der Waals surface area contributed by atoms with E-state index in [4.69, 9.17) is 10.00 Å². The average molecular weight is 548 g/mol. The highest BCUT2D eigenvalue weighted by atomic mass is 32.2. The standard InChI is InChI=1S/C30H33N3O5S/c1-21-17-33(22(2)19-34)30(35)28-11-7-6-10-27(28)26-9-5-4-8-24(26)20-38-29(21)18-32(3)39(36,37)25-14-12-23(16-31)13-15-25/h4-15,21-22,29,34H,17-20H2,1-3H3/t21-,22-,29+/m1/s1. The molecule has 1 aliphatic rings. The van der Waals surface area contributed by atoms with Crippen molar-refractivity contribution in [2.24, 2.45) is 5.92 Å². The van der Waals surface area contributed by atoms with Gasteiger partial charge in [0.15, 0.2) is 0 Å². The Bertz CT molecular complexity index is 1470. The molecule has 0 bridgehead atoms. The van der Waals surface area contributed by atoms with Gasteiger partial charge in [0.05, 0.1) is 41.9 Å². The Balaban J connectivity index is 1.72. The summed E-state index contributed by atoms with van der Waals surface area (Å²) < 4.78 is 34.4. The number of hydrogen-bond acceptors (Lipinski definition) is 6. The quantitative estimate of drug-likeness (QED) is 0.501. The third kappa shape index (κ3) is 6.05. The van der Waals surface area contributed by atoms with Gasteiger partial charge in [-0.3, -0.25) is 4.79 Å². The fourth-order valence-electron chi connectivity index (χ4n) is 4.78. The van der Waals surface area contributed by atoms with Gasteiger partial charge in [0, 0.05) is 31.6 Å². The SMILES string of the molecule is C[C@@H]1CN([C@H](C)CO)C(=O)c2ccccc2-c2ccccc2CO[C@H]1CN(C)S(=O)(=O)c1ccc(C#N)cc1. The van der Waals surface area contributed by atoms with Gasteiger partial charge in [-0.2, -0.15) is 9.57 Å². The Hall–Kier alpha value is -3.55. The highest BCUT2D eigenvalue weighted by Gasteiger charge is 2.32. The van der Waals surface area contributed by atoms with Crippen LogP contribution in [0, 0.1) is 17.2 Å². The van der Waals surface area contributed by atoms with Crippen molar-refractivity contribution in [3.05, 3.63) is 89.5 Å². The number of carbonyl (C=O) groups excluding carboxylic acids is 1. The molecule has 39 heavy (non-hydrogen) atoms. The van der Waals surface area contributed by atoms with E-state index in [2.05, 4.69) is 0 Å². The minimum Gasteiger partial charge on any atom is -0.394 e. The molecule has 1 N–H and O–H groups in total. The van der Waals surface area contributed by atoms with Crippen LogP contribution in [0.4, 0.5) is 0 Å². The second kappa shape index (κ2) is 12.1. The second-order valence-electron chi connectivity index (χ2n) is 9.94. The van der Waals surface area contributed by atoms with Gasteiger partial charge in [-0.25, -0.2) is 8.42 Å². The summed E-state index contributed by atoms with van der Waals surface area (Å²) in [7, 11) is -2.36. The van der Waals surface area contributed by atoms with E-state index in [0.29, 0.717) is 11.1 Å². The van der Waals surface area contributed by atoms with Crippen molar-refractivity contribution < 1.29 is 23.1 Å². The fraction of sp³-hybridized carbons (Fsp3) is 0.333. The van der Waals surface area contributed by atoms with E-state index in [1.54, 1.807) is 17.9 Å². The largest absolute Gasteiger partial charge is 0.394 e. The topological polar surface area (TPSA) is 111 Å². The predicted molar refractivity (Wildman–Crippen MR) is 148 cm³/mol. The van der Waals surface area contributed by atoms with Gasteiger partial charge in [-0.15, -0.1) is 0 Å². The van der Waals surface area contributed by atoms with Crippen LogP contribution in [0.3, 0.4) is 0 Å². The zero-order valence-corrected chi connectivity index (χ0v) is 23.1. The molecule has 0 saturated carbocycles. The van der Waals surface area contributed by atoms with Gasteiger partial charge in [-0.1, -0.05) is 49.4 Å². The molecule has 3 aromatic rings. The Kier molecular flexibility index (Phi) is 8.83. The number of nitriles is 1. The molecule has 0 aliphatic carbocycles. The first-order valence-electron chi connectivity index (χ1n) is 12.8. The van der Waals surface area contributed by atoms with E-state index in [9.17, 15) is 18.3 Å². The molecule has 8 nitrogen and oxygen atoms in total. The predicted octanol–water partition coefficient (Wildman–Crippen LogP) is 3.90. The Morgan fingerprint density at radius 3 is 2.31 bits per heavy atom. The van der Waals surface area contributed by atoms with E-state index in [0.717, 1.165) is 16.7 Å². The number of amides is 1. The van der Waals surface area contributed by atoms with Crippen molar-refractivity contribution in [3.63, 3.8) is 0 Å². The molecule has 3 aromatic carbocycles. The van der Waals surface area contributed by atoms with Crippen molar-refractivity contribution in [3.8, 4) is 17.2 Å². The third-order valence-electron chi connectivity index (χ3n) is 7.22. The summed E-state index contributed by atoms with van der Waals surface area (Å²) in [5.41, 5.74) is 3.44. The van der Waals surface area contributed by atoms with Crippen LogP contribution in [-0.2, 0) is 21.4 Å². The van der Waals surface area contributed by atoms with Crippen LogP contribution < -0.4 is 0 Å². The molecular formula is C30H33N3O5S. The Labute approximate surface area is 230 Å². The minimum absolute atomic E-state index is 0.0498. The summed E-state index contributed by atoms with van der Waals surface area (Å²) in [4.78, 5) is 15.6. The molecule has 1 aliphatic heterocycles. The number of hydrogen-bond donors (Lipinski definition) is 1. The van der Waals surface area contributed by atoms with Crippen molar-refractivity contribution in [2.75, 3.05) is 26.7 Å². The van der Waals surface area contributed by atoms with Gasteiger partial charge in [0.1, 0.15) is 0 Å². The van der Waals surface area contributed by atoms with Crippen LogP contribution in [0.5, 0.6) is 0 Å². The number of aliphatic hydroxyl groups is 1. The summed E-state index contributed by atoms with van der Waals surface area (Å²) in [6, 6.07) is 22.5. The molecule has 1 amide bonds. The first-order valence-corrected chi connectivity index (χ1v) is 14.3. The van der Waals surface area contributed by atoms with Crippen LogP contribution in [-0.4, -0.2) is 67.5 Å². The summed E-state index contributed by atoms with van der Waals surface area (Å²) >= 11 is 0. The van der Waals surface area contributed by atoms with Gasteiger partial charge in [0.25, 0.3) is 5.91 Å². The number of fused-ring (bicyclic) bond motifs is 3. The summed E-state index contributed by atoms with van der Waals surface area (Å²) in [5.74, 6) is -0.466. The van der Waals surface area contributed by atoms with E-state index in [1.807, 2.05) is 55.5 Å². The number of carbonyl (C=O) groups is 1. The lowest BCUT2D eigenvalue weighted by Crippen LogP contribution is -2.47. The molecule has 1 heterocycles. The number of sulfonamides is 1. The normalized spacial score (nSPS) is 19.0. The van der Waals surface area contributed by atoms with Crippen LogP contribution in [0.25, 0.3) is 11.1 Å². The molecular weight excluding hydrogens is 514 g/mol. The van der Waals surface area contributed by atoms with Crippen LogP contribution >= 0.6 is 0 Å². The van der Waals surface area contributed by atoms with E-state index < -0.39 is 22.2 Å². The highest BCUT2D eigenvalue weighted by molar-refractivity contribution is 7.89. The monoisotopic (exact) mass is 547 g/mol. The average Bonchev–Trinajstić information content (AvgIpc) is 2.98. The molecule has 0 unspecified atom stereocenters. The molecule has 0 saturated heterocycles. The van der Waals surface area contributed by atoms with Gasteiger partial charge in [0.2, 0.25) is 10.0 Å². The molecule has 3 atom stereocenters. The van der Waals surface area contributed by atoms with E-state index >= 15 is 0 Å². The Morgan fingerprint density at radius 2 is 1.67 bits per heavy atom. The maximum Gasteiger partial charge on any atom is 0.254 e. The smallest absolute Gasteiger partial charge is 0.254 e. The lowest BCUT2D eigenvalue weighted by Gasteiger charge is -2.35. The first kappa shape index (κ1) is 28.5. The molecule has 0 fully saturated rings. The zero-order valence-electron chi connectivity index (χ0n) is 22.3. The zero-order chi connectivity index (χ0) is 28.2. The molecule has 0 spiro atoms. The molecule has 0 aromatic heterocycles. The summed E-state index contributed by atoms with van der Waals surface area (Å²) in [6.45, 7) is 4.05. The summed E-state index contributed by atoms with van der Waals surface area (Å²) in [6.07, 6.45) is -0.557. The second-order valence-corrected chi connectivity index (χ2v) is 12.0. The van der Waals surface area contributed by atoms with E-state index in [1.165, 1.54) is 35.6 Å². The minimum atomic E-state index is -3.86. The van der Waals surface area contributed by atoms with E-state index in [-0.39, 0.29) is 43.0 Å². The highest BCUT2D eigenvalue weighted by Crippen LogP contribution is 2.31. The molecule has 0 radical (unpaired) electrons. The van der Waals surface area contributed by atoms with Gasteiger partial charge >= 0.3 is 0 Å². The summed E-state index contributed by atoms with van der Waals surface area (Å²) in [5, 5.41) is 19.0. The lowest BCUT2D eigenvalue weighted by atomic mass is 9.94. The number of likely N-dealkylation sites (N-methyl/N-ethyl adjacent to an activating group) is 1. The van der Waals surface area contributed by atoms with Crippen molar-refractivity contribution in [2.45, 2.75) is 37.5 Å². The molecule has 9 heteroatoms. The number of benzene rings is 3. The number of nitrogens with zero attached hydrogens (tertiary/aromatic N) is 3. The lowest BCUT2D eigenvalue weighted by molar-refractivity contribution is -0.0146. The van der Waals surface area contributed by atoms with Crippen molar-refractivity contribution >= 4 is 15.9 Å². The maximum atomic E-state index is 13.9. The van der Waals surface area contributed by atoms with Gasteiger partial charge < -0.3 is 14.7 Å². The number of aliphatic hydroxyl groups excluding tert-OH is 1. The Morgan fingerprint density at radius 1 is 1.05 bits per heavy atom. The number of rotatable bonds is 6. The van der Waals surface area contributed by atoms with Crippen molar-refractivity contribution in [1.82, 2.24) is 9.21 Å². The van der Waals surface area contributed by atoms with Gasteiger partial charge in [-0.05, 0) is 53.9 Å². The molecule has 4 rings (SSSR count). The van der Waals surface area contributed by atoms with Crippen molar-refractivity contribution in [1.29, 1.82) is 5.26 Å². The number of ether oxygens (including phenoxy) is 1. The van der Waals surface area contributed by atoms with Crippen LogP contribution in [0.15, 0.2) is 77.7 Å². The fourth-order valence-corrected chi connectivity index (χ4v) is 5.97. The maximum absolute atomic E-state index is 13.9. The van der Waals surface area contributed by atoms with Crippen LogP contribution in [0.1, 0.15) is 35.3 Å².